The number of benzene rings is 2. The van der Waals surface area contributed by atoms with Gasteiger partial charge in [0, 0.05) is 28.8 Å². The summed E-state index contributed by atoms with van der Waals surface area (Å²) in [5, 5.41) is 5.84. The summed E-state index contributed by atoms with van der Waals surface area (Å²) in [6, 6.07) is 12.9. The molecule has 1 saturated carbocycles. The first-order valence-corrected chi connectivity index (χ1v) is 9.05. The average molecular weight is 350 g/mol. The molecule has 2 amide bonds. The molecule has 1 aliphatic carbocycles. The van der Waals surface area contributed by atoms with Gasteiger partial charge in [0.05, 0.1) is 5.56 Å². The minimum atomic E-state index is -0.233. The Balaban J connectivity index is 1.53. The summed E-state index contributed by atoms with van der Waals surface area (Å²) in [5.74, 6) is 0.581. The second-order valence-corrected chi connectivity index (χ2v) is 7.12. The van der Waals surface area contributed by atoms with Crippen molar-refractivity contribution in [1.29, 1.82) is 0 Å². The average Bonchev–Trinajstić information content (AvgIpc) is 3.40. The fourth-order valence-electron chi connectivity index (χ4n) is 3.20. The largest absolute Gasteiger partial charge is 0.489 e. The molecule has 2 atom stereocenters. The number of ether oxygens (including phenoxy) is 1. The van der Waals surface area contributed by atoms with Crippen molar-refractivity contribution in [2.75, 3.05) is 5.32 Å². The number of fused-ring (bicyclic) bond motifs is 1. The molecule has 0 saturated heterocycles. The minimum absolute atomic E-state index is 0.0494. The highest BCUT2D eigenvalue weighted by molar-refractivity contribution is 6.07. The molecule has 5 nitrogen and oxygen atoms in total. The summed E-state index contributed by atoms with van der Waals surface area (Å²) in [7, 11) is 0. The maximum Gasteiger partial charge on any atom is 0.259 e. The Kier molecular flexibility index (Phi) is 4.15. The van der Waals surface area contributed by atoms with Crippen molar-refractivity contribution in [2.45, 2.75) is 44.8 Å². The molecule has 0 spiro atoms. The quantitative estimate of drug-likeness (QED) is 0.883. The summed E-state index contributed by atoms with van der Waals surface area (Å²) in [5.41, 5.74) is 2.72. The lowest BCUT2D eigenvalue weighted by atomic mass is 9.97. The van der Waals surface area contributed by atoms with Crippen LogP contribution in [0, 0.1) is 0 Å². The highest BCUT2D eigenvalue weighted by atomic mass is 16.5. The first-order valence-electron chi connectivity index (χ1n) is 9.05. The van der Waals surface area contributed by atoms with Crippen LogP contribution in [-0.2, 0) is 0 Å². The van der Waals surface area contributed by atoms with Crippen LogP contribution in [0.4, 0.5) is 5.69 Å². The Bertz CT molecular complexity index is 873. The van der Waals surface area contributed by atoms with Crippen molar-refractivity contribution < 1.29 is 14.3 Å². The third-order valence-corrected chi connectivity index (χ3v) is 5.08. The predicted octanol–water partition coefficient (Wildman–Crippen LogP) is 3.72. The van der Waals surface area contributed by atoms with E-state index >= 15 is 0 Å². The Morgan fingerprint density at radius 2 is 1.81 bits per heavy atom. The SMILES string of the molecule is C[C@@H]1c2cccc(C(=O)Nc3cccc(C(=O)NC4CC4)c3)c2O[C@@H]1C. The second kappa shape index (κ2) is 6.48. The van der Waals surface area contributed by atoms with E-state index in [1.807, 2.05) is 19.1 Å². The maximum atomic E-state index is 12.8. The first kappa shape index (κ1) is 16.6. The molecule has 2 aromatic rings. The summed E-state index contributed by atoms with van der Waals surface area (Å²) >= 11 is 0. The van der Waals surface area contributed by atoms with Gasteiger partial charge in [-0.1, -0.05) is 25.1 Å². The van der Waals surface area contributed by atoms with Crippen LogP contribution < -0.4 is 15.4 Å². The van der Waals surface area contributed by atoms with Gasteiger partial charge in [0.25, 0.3) is 11.8 Å². The molecule has 1 heterocycles. The molecule has 1 aliphatic heterocycles. The second-order valence-electron chi connectivity index (χ2n) is 7.12. The lowest BCUT2D eigenvalue weighted by Gasteiger charge is -2.11. The van der Waals surface area contributed by atoms with E-state index < -0.39 is 0 Å². The number of amides is 2. The lowest BCUT2D eigenvalue weighted by Crippen LogP contribution is -2.25. The van der Waals surface area contributed by atoms with Crippen LogP contribution in [0.25, 0.3) is 0 Å². The van der Waals surface area contributed by atoms with Crippen molar-refractivity contribution in [3.63, 3.8) is 0 Å². The van der Waals surface area contributed by atoms with E-state index in [4.69, 9.17) is 4.74 Å². The van der Waals surface area contributed by atoms with Crippen molar-refractivity contribution >= 4 is 17.5 Å². The molecule has 0 bridgehead atoms. The molecular formula is C21H22N2O3. The van der Waals surface area contributed by atoms with Crippen molar-refractivity contribution in [2.24, 2.45) is 0 Å². The number of nitrogens with one attached hydrogen (secondary N) is 2. The monoisotopic (exact) mass is 350 g/mol. The van der Waals surface area contributed by atoms with Crippen LogP contribution in [0.3, 0.4) is 0 Å². The van der Waals surface area contributed by atoms with Gasteiger partial charge in [-0.2, -0.15) is 0 Å². The molecule has 0 aromatic heterocycles. The van der Waals surface area contributed by atoms with Crippen LogP contribution in [-0.4, -0.2) is 24.0 Å². The zero-order valence-electron chi connectivity index (χ0n) is 14.9. The Morgan fingerprint density at radius 1 is 1.04 bits per heavy atom. The molecule has 2 N–H and O–H groups in total. The Hall–Kier alpha value is -2.82. The number of carbonyl (C=O) groups is 2. The van der Waals surface area contributed by atoms with Gasteiger partial charge in [0.1, 0.15) is 11.9 Å². The van der Waals surface area contributed by atoms with Crippen LogP contribution in [0.1, 0.15) is 58.9 Å². The number of hydrogen-bond acceptors (Lipinski definition) is 3. The van der Waals surface area contributed by atoms with Gasteiger partial charge in [0.2, 0.25) is 0 Å². The van der Waals surface area contributed by atoms with E-state index in [1.165, 1.54) is 0 Å². The summed E-state index contributed by atoms with van der Waals surface area (Å²) in [6.45, 7) is 4.11. The third-order valence-electron chi connectivity index (χ3n) is 5.08. The molecular weight excluding hydrogens is 328 g/mol. The topological polar surface area (TPSA) is 67.4 Å². The number of para-hydroxylation sites is 1. The van der Waals surface area contributed by atoms with Gasteiger partial charge >= 0.3 is 0 Å². The van der Waals surface area contributed by atoms with E-state index in [0.717, 1.165) is 18.4 Å². The first-order chi connectivity index (χ1) is 12.5. The van der Waals surface area contributed by atoms with E-state index in [0.29, 0.717) is 28.6 Å². The van der Waals surface area contributed by atoms with Gasteiger partial charge in [-0.3, -0.25) is 9.59 Å². The molecule has 26 heavy (non-hydrogen) atoms. The van der Waals surface area contributed by atoms with E-state index in [1.54, 1.807) is 30.3 Å². The maximum absolute atomic E-state index is 12.8. The Morgan fingerprint density at radius 3 is 2.58 bits per heavy atom. The summed E-state index contributed by atoms with van der Waals surface area (Å²) in [6.07, 6.45) is 2.13. The number of hydrogen-bond donors (Lipinski definition) is 2. The molecule has 134 valence electrons. The number of rotatable bonds is 4. The molecule has 0 unspecified atom stereocenters. The number of anilines is 1. The molecule has 0 radical (unpaired) electrons. The minimum Gasteiger partial charge on any atom is -0.489 e. The lowest BCUT2D eigenvalue weighted by molar-refractivity contribution is 0.0949. The van der Waals surface area contributed by atoms with Gasteiger partial charge < -0.3 is 15.4 Å². The van der Waals surface area contributed by atoms with Crippen molar-refractivity contribution in [3.8, 4) is 5.75 Å². The standard InChI is InChI=1S/C21H22N2O3/c1-12-13(2)26-19-17(12)7-4-8-18(19)21(25)23-16-6-3-5-14(11-16)20(24)22-15-9-10-15/h3-8,11-13,15H,9-10H2,1-2H3,(H,22,24)(H,23,25)/t12-,13+/m0/s1. The van der Waals surface area contributed by atoms with Gasteiger partial charge in [0.15, 0.2) is 0 Å². The molecule has 2 aliphatic rings. The van der Waals surface area contributed by atoms with Crippen LogP contribution in [0.2, 0.25) is 0 Å². The number of carbonyl (C=O) groups excluding carboxylic acids is 2. The van der Waals surface area contributed by atoms with Crippen LogP contribution in [0.5, 0.6) is 5.75 Å². The third kappa shape index (κ3) is 3.17. The zero-order chi connectivity index (χ0) is 18.3. The Labute approximate surface area is 152 Å². The van der Waals surface area contributed by atoms with Gasteiger partial charge in [-0.15, -0.1) is 0 Å². The molecule has 2 aromatic carbocycles. The highest BCUT2D eigenvalue weighted by Gasteiger charge is 2.31. The molecule has 1 fully saturated rings. The smallest absolute Gasteiger partial charge is 0.259 e. The summed E-state index contributed by atoms with van der Waals surface area (Å²) < 4.78 is 5.90. The zero-order valence-corrected chi connectivity index (χ0v) is 14.9. The fraction of sp³-hybridized carbons (Fsp3) is 0.333. The van der Waals surface area contributed by atoms with Crippen molar-refractivity contribution in [3.05, 3.63) is 59.2 Å². The van der Waals surface area contributed by atoms with Gasteiger partial charge in [-0.05, 0) is 44.0 Å². The van der Waals surface area contributed by atoms with Crippen LogP contribution >= 0.6 is 0 Å². The van der Waals surface area contributed by atoms with E-state index in [-0.39, 0.29) is 23.8 Å². The molecule has 5 heteroatoms. The van der Waals surface area contributed by atoms with E-state index in [9.17, 15) is 9.59 Å². The predicted molar refractivity (Wildman–Crippen MR) is 99.8 cm³/mol. The van der Waals surface area contributed by atoms with E-state index in [2.05, 4.69) is 17.6 Å². The molecule has 4 rings (SSSR count). The normalized spacial score (nSPS) is 20.8. The highest BCUT2D eigenvalue weighted by Crippen LogP contribution is 2.40. The summed E-state index contributed by atoms with van der Waals surface area (Å²) in [4.78, 5) is 24.9. The van der Waals surface area contributed by atoms with Gasteiger partial charge in [-0.25, -0.2) is 0 Å². The van der Waals surface area contributed by atoms with Crippen LogP contribution in [0.15, 0.2) is 42.5 Å². The van der Waals surface area contributed by atoms with Crippen molar-refractivity contribution in [1.82, 2.24) is 5.32 Å². The fourth-order valence-corrected chi connectivity index (χ4v) is 3.20.